The Morgan fingerprint density at radius 3 is 2.56 bits per heavy atom. The summed E-state index contributed by atoms with van der Waals surface area (Å²) in [4.78, 5) is 12.0. The fourth-order valence-electron chi connectivity index (χ4n) is 2.26. The van der Waals surface area contributed by atoms with Gasteiger partial charge in [-0.2, -0.15) is 0 Å². The number of Topliss-reactive ketones (excluding diaryl/α,β-unsaturated/α-hetero) is 1. The highest BCUT2D eigenvalue weighted by molar-refractivity contribution is 6.34. The van der Waals surface area contributed by atoms with Gasteiger partial charge in [0.15, 0.2) is 5.78 Å². The summed E-state index contributed by atoms with van der Waals surface area (Å²) in [6, 6.07) is 15.5. The van der Waals surface area contributed by atoms with E-state index in [4.69, 9.17) is 11.6 Å². The third-order valence-corrected chi connectivity index (χ3v) is 3.51. The summed E-state index contributed by atoms with van der Waals surface area (Å²) in [6.45, 7) is 0. The van der Waals surface area contributed by atoms with Crippen LogP contribution in [0.2, 0.25) is 5.02 Å². The third-order valence-electron chi connectivity index (χ3n) is 3.16. The van der Waals surface area contributed by atoms with Crippen molar-refractivity contribution in [2.45, 2.75) is 6.42 Å². The van der Waals surface area contributed by atoms with Crippen LogP contribution in [0.25, 0.3) is 11.6 Å². The largest absolute Gasteiger partial charge is 0.294 e. The third kappa shape index (κ3) is 1.87. The van der Waals surface area contributed by atoms with Gasteiger partial charge >= 0.3 is 0 Å². The average molecular weight is 255 g/mol. The molecule has 0 saturated carbocycles. The zero-order chi connectivity index (χ0) is 12.5. The highest BCUT2D eigenvalue weighted by atomic mass is 35.5. The summed E-state index contributed by atoms with van der Waals surface area (Å²) in [6.07, 6.45) is 2.38. The fourth-order valence-corrected chi connectivity index (χ4v) is 2.45. The van der Waals surface area contributed by atoms with Crippen molar-refractivity contribution in [2.24, 2.45) is 0 Å². The van der Waals surface area contributed by atoms with Gasteiger partial charge in [-0.3, -0.25) is 4.79 Å². The lowest BCUT2D eigenvalue weighted by atomic mass is 10.0. The van der Waals surface area contributed by atoms with Crippen molar-refractivity contribution < 1.29 is 4.79 Å². The molecule has 0 aliphatic heterocycles. The Balaban J connectivity index is 2.13. The van der Waals surface area contributed by atoms with Crippen molar-refractivity contribution in [3.05, 3.63) is 70.2 Å². The van der Waals surface area contributed by atoms with Gasteiger partial charge in [0.1, 0.15) is 0 Å². The molecule has 0 spiro atoms. The zero-order valence-corrected chi connectivity index (χ0v) is 10.4. The van der Waals surface area contributed by atoms with E-state index in [1.54, 1.807) is 0 Å². The summed E-state index contributed by atoms with van der Waals surface area (Å²) in [5.41, 5.74) is 3.78. The number of carbonyl (C=O) groups is 1. The van der Waals surface area contributed by atoms with Gasteiger partial charge in [0.25, 0.3) is 0 Å². The van der Waals surface area contributed by atoms with Crippen LogP contribution in [0.3, 0.4) is 0 Å². The molecule has 2 heteroatoms. The maximum absolute atomic E-state index is 12.0. The van der Waals surface area contributed by atoms with E-state index in [1.807, 2.05) is 54.6 Å². The first-order chi connectivity index (χ1) is 8.75. The first-order valence-corrected chi connectivity index (χ1v) is 6.21. The Hall–Kier alpha value is -1.86. The van der Waals surface area contributed by atoms with Crippen LogP contribution in [-0.2, 0) is 11.2 Å². The molecule has 1 aliphatic rings. The molecular formula is C16H11ClO. The molecule has 0 unspecified atom stereocenters. The smallest absolute Gasteiger partial charge is 0.167 e. The van der Waals surface area contributed by atoms with Gasteiger partial charge in [-0.1, -0.05) is 54.1 Å². The molecule has 0 N–H and O–H groups in total. The van der Waals surface area contributed by atoms with E-state index in [9.17, 15) is 4.79 Å². The van der Waals surface area contributed by atoms with Crippen LogP contribution >= 0.6 is 11.6 Å². The first kappa shape index (κ1) is 11.2. The van der Waals surface area contributed by atoms with Crippen molar-refractivity contribution in [3.63, 3.8) is 0 Å². The minimum atomic E-state index is 0.163. The van der Waals surface area contributed by atoms with E-state index in [2.05, 4.69) is 0 Å². The highest BCUT2D eigenvalue weighted by Gasteiger charge is 2.23. The van der Waals surface area contributed by atoms with Crippen LogP contribution in [-0.4, -0.2) is 5.78 Å². The molecule has 0 radical (unpaired) electrons. The molecular weight excluding hydrogens is 244 g/mol. The molecule has 18 heavy (non-hydrogen) atoms. The number of allylic oxidation sites excluding steroid dienone is 1. The molecule has 0 saturated heterocycles. The van der Waals surface area contributed by atoms with Gasteiger partial charge in [-0.15, -0.1) is 0 Å². The summed E-state index contributed by atoms with van der Waals surface area (Å²) in [7, 11) is 0. The molecule has 0 aromatic heterocycles. The van der Waals surface area contributed by atoms with Crippen LogP contribution in [0.4, 0.5) is 0 Å². The van der Waals surface area contributed by atoms with E-state index >= 15 is 0 Å². The van der Waals surface area contributed by atoms with Crippen molar-refractivity contribution in [1.82, 2.24) is 0 Å². The second-order valence-corrected chi connectivity index (χ2v) is 4.74. The Kier molecular flexibility index (Phi) is 2.77. The number of halogens is 1. The van der Waals surface area contributed by atoms with Gasteiger partial charge in [0.2, 0.25) is 0 Å². The number of carbonyl (C=O) groups excluding carboxylic acids is 1. The lowest BCUT2D eigenvalue weighted by Crippen LogP contribution is -1.93. The number of benzene rings is 2. The second kappa shape index (κ2) is 4.43. The predicted octanol–water partition coefficient (Wildman–Crippen LogP) is 4.01. The molecule has 2 aromatic rings. The lowest BCUT2D eigenvalue weighted by Gasteiger charge is -2.01. The van der Waals surface area contributed by atoms with Gasteiger partial charge in [0.05, 0.1) is 0 Å². The van der Waals surface area contributed by atoms with Gasteiger partial charge in [-0.25, -0.2) is 0 Å². The maximum Gasteiger partial charge on any atom is 0.167 e. The lowest BCUT2D eigenvalue weighted by molar-refractivity contribution is -0.112. The molecule has 0 fully saturated rings. The number of hydrogen-bond donors (Lipinski definition) is 0. The Bertz CT molecular complexity index is 656. The predicted molar refractivity (Wildman–Crippen MR) is 74.5 cm³/mol. The van der Waals surface area contributed by atoms with E-state index < -0.39 is 0 Å². The van der Waals surface area contributed by atoms with Crippen LogP contribution in [0.15, 0.2) is 48.5 Å². The molecule has 0 heterocycles. The summed E-state index contributed by atoms with van der Waals surface area (Å²) in [5, 5.41) is 0.669. The normalized spacial score (nSPS) is 16.1. The number of ketones is 1. The van der Waals surface area contributed by atoms with E-state index in [-0.39, 0.29) is 5.78 Å². The van der Waals surface area contributed by atoms with Gasteiger partial charge in [0, 0.05) is 17.0 Å². The molecule has 3 rings (SSSR count). The van der Waals surface area contributed by atoms with Gasteiger partial charge in [-0.05, 0) is 28.8 Å². The van der Waals surface area contributed by atoms with Crippen LogP contribution in [0.1, 0.15) is 16.7 Å². The molecule has 1 aliphatic carbocycles. The molecule has 2 aromatic carbocycles. The minimum absolute atomic E-state index is 0.163. The van der Waals surface area contributed by atoms with Crippen LogP contribution in [0, 0.1) is 0 Å². The quantitative estimate of drug-likeness (QED) is 0.703. The van der Waals surface area contributed by atoms with Crippen LogP contribution < -0.4 is 0 Å². The molecule has 0 bridgehead atoms. The van der Waals surface area contributed by atoms with Crippen molar-refractivity contribution in [2.75, 3.05) is 0 Å². The van der Waals surface area contributed by atoms with E-state index in [0.29, 0.717) is 11.4 Å². The second-order valence-electron chi connectivity index (χ2n) is 4.34. The van der Waals surface area contributed by atoms with Gasteiger partial charge < -0.3 is 0 Å². The summed E-state index contributed by atoms with van der Waals surface area (Å²) < 4.78 is 0. The van der Waals surface area contributed by atoms with E-state index in [1.165, 1.54) is 0 Å². The average Bonchev–Trinajstić information content (AvgIpc) is 2.69. The first-order valence-electron chi connectivity index (χ1n) is 5.83. The molecule has 0 atom stereocenters. The Labute approximate surface area is 111 Å². The number of rotatable bonds is 1. The van der Waals surface area contributed by atoms with E-state index in [0.717, 1.165) is 22.3 Å². The number of hydrogen-bond acceptors (Lipinski definition) is 1. The summed E-state index contributed by atoms with van der Waals surface area (Å²) >= 11 is 6.12. The zero-order valence-electron chi connectivity index (χ0n) is 9.69. The number of fused-ring (bicyclic) bond motifs is 1. The Morgan fingerprint density at radius 2 is 1.72 bits per heavy atom. The van der Waals surface area contributed by atoms with Crippen molar-refractivity contribution in [3.8, 4) is 0 Å². The Morgan fingerprint density at radius 1 is 1.00 bits per heavy atom. The molecule has 1 nitrogen and oxygen atoms in total. The molecule has 0 amide bonds. The fraction of sp³-hybridized carbons (Fsp3) is 0.0625. The standard InChI is InChI=1S/C16H11ClO/c17-15-8-4-2-6-12(15)9-14-13-7-3-1-5-11(13)10-16(14)18/h1-9H,10H2/b14-9+. The van der Waals surface area contributed by atoms with Crippen molar-refractivity contribution in [1.29, 1.82) is 0 Å². The maximum atomic E-state index is 12.0. The summed E-state index contributed by atoms with van der Waals surface area (Å²) in [5.74, 6) is 0.163. The SMILES string of the molecule is O=C1Cc2ccccc2/C1=C\c1ccccc1Cl. The topological polar surface area (TPSA) is 17.1 Å². The minimum Gasteiger partial charge on any atom is -0.294 e. The van der Waals surface area contributed by atoms with Crippen LogP contribution in [0.5, 0.6) is 0 Å². The monoisotopic (exact) mass is 254 g/mol. The highest BCUT2D eigenvalue weighted by Crippen LogP contribution is 2.32. The van der Waals surface area contributed by atoms with Crippen molar-refractivity contribution >= 4 is 29.0 Å². The molecule has 88 valence electrons.